The van der Waals surface area contributed by atoms with E-state index in [0.717, 1.165) is 6.42 Å². The molecule has 0 spiro atoms. The zero-order valence-electron chi connectivity index (χ0n) is 10.4. The van der Waals surface area contributed by atoms with Crippen LogP contribution in [0.2, 0.25) is 0 Å². The van der Waals surface area contributed by atoms with E-state index < -0.39 is 0 Å². The second kappa shape index (κ2) is 4.80. The van der Waals surface area contributed by atoms with Crippen LogP contribution < -0.4 is 5.73 Å². The summed E-state index contributed by atoms with van der Waals surface area (Å²) in [5.41, 5.74) is 8.97. The maximum Gasteiger partial charge on any atom is 0.0344 e. The molecule has 0 bridgehead atoms. The van der Waals surface area contributed by atoms with Crippen LogP contribution in [0.4, 0.5) is 0 Å². The maximum atomic E-state index is 6.20. The molecular formula is C14H23N. The summed E-state index contributed by atoms with van der Waals surface area (Å²) in [4.78, 5) is 0. The van der Waals surface area contributed by atoms with Crippen LogP contribution in [0.3, 0.4) is 0 Å². The molecule has 1 aromatic carbocycles. The number of aryl methyl sites for hydroxylation is 1. The van der Waals surface area contributed by atoms with Crippen LogP contribution in [0, 0.1) is 5.41 Å². The van der Waals surface area contributed by atoms with Crippen molar-refractivity contribution in [2.45, 2.75) is 46.6 Å². The van der Waals surface area contributed by atoms with Gasteiger partial charge in [0, 0.05) is 6.04 Å². The van der Waals surface area contributed by atoms with Gasteiger partial charge in [-0.25, -0.2) is 0 Å². The lowest BCUT2D eigenvalue weighted by atomic mass is 9.83. The molecule has 0 heterocycles. The molecule has 0 aliphatic carbocycles. The molecule has 0 saturated heterocycles. The van der Waals surface area contributed by atoms with Gasteiger partial charge in [0.2, 0.25) is 0 Å². The minimum absolute atomic E-state index is 0.119. The van der Waals surface area contributed by atoms with Crippen LogP contribution in [0.5, 0.6) is 0 Å². The van der Waals surface area contributed by atoms with Crippen molar-refractivity contribution < 1.29 is 0 Å². The summed E-state index contributed by atoms with van der Waals surface area (Å²) >= 11 is 0. The molecule has 0 aliphatic rings. The number of benzene rings is 1. The van der Waals surface area contributed by atoms with Gasteiger partial charge < -0.3 is 5.73 Å². The SMILES string of the molecule is CCCc1ccc(C(N)C(C)(C)C)cc1. The predicted octanol–water partition coefficient (Wildman–Crippen LogP) is 3.69. The minimum Gasteiger partial charge on any atom is -0.324 e. The Bertz CT molecular complexity index is 292. The van der Waals surface area contributed by atoms with Crippen LogP contribution in [-0.2, 0) is 6.42 Å². The fourth-order valence-corrected chi connectivity index (χ4v) is 1.68. The lowest BCUT2D eigenvalue weighted by Gasteiger charge is -2.27. The monoisotopic (exact) mass is 205 g/mol. The molecule has 0 radical (unpaired) electrons. The molecular weight excluding hydrogens is 182 g/mol. The smallest absolute Gasteiger partial charge is 0.0344 e. The molecule has 84 valence electrons. The zero-order valence-corrected chi connectivity index (χ0v) is 10.4. The molecule has 0 fully saturated rings. The molecule has 1 aromatic rings. The van der Waals surface area contributed by atoms with Gasteiger partial charge in [-0.15, -0.1) is 0 Å². The highest BCUT2D eigenvalue weighted by atomic mass is 14.7. The summed E-state index contributed by atoms with van der Waals surface area (Å²) in [6, 6.07) is 8.85. The topological polar surface area (TPSA) is 26.0 Å². The van der Waals surface area contributed by atoms with Crippen LogP contribution >= 0.6 is 0 Å². The van der Waals surface area contributed by atoms with Gasteiger partial charge in [0.15, 0.2) is 0 Å². The van der Waals surface area contributed by atoms with Crippen LogP contribution in [0.15, 0.2) is 24.3 Å². The third-order valence-electron chi connectivity index (χ3n) is 2.81. The Morgan fingerprint density at radius 1 is 1.13 bits per heavy atom. The fourth-order valence-electron chi connectivity index (χ4n) is 1.68. The van der Waals surface area contributed by atoms with Gasteiger partial charge >= 0.3 is 0 Å². The first-order valence-electron chi connectivity index (χ1n) is 5.79. The van der Waals surface area contributed by atoms with E-state index in [4.69, 9.17) is 5.73 Å². The van der Waals surface area contributed by atoms with Gasteiger partial charge in [0.05, 0.1) is 0 Å². The average molecular weight is 205 g/mol. The van der Waals surface area contributed by atoms with Crippen LogP contribution in [0.25, 0.3) is 0 Å². The van der Waals surface area contributed by atoms with Crippen molar-refractivity contribution in [3.8, 4) is 0 Å². The summed E-state index contributed by atoms with van der Waals surface area (Å²) in [6.45, 7) is 8.74. The first-order valence-corrected chi connectivity index (χ1v) is 5.79. The van der Waals surface area contributed by atoms with E-state index in [9.17, 15) is 0 Å². The number of rotatable bonds is 3. The Morgan fingerprint density at radius 2 is 1.67 bits per heavy atom. The molecule has 0 aromatic heterocycles. The summed E-state index contributed by atoms with van der Waals surface area (Å²) in [6.07, 6.45) is 2.36. The minimum atomic E-state index is 0.119. The Balaban J connectivity index is 2.80. The summed E-state index contributed by atoms with van der Waals surface area (Å²) in [5, 5.41) is 0. The van der Waals surface area contributed by atoms with E-state index in [2.05, 4.69) is 52.0 Å². The number of hydrogen-bond acceptors (Lipinski definition) is 1. The highest BCUT2D eigenvalue weighted by Gasteiger charge is 2.21. The quantitative estimate of drug-likeness (QED) is 0.800. The molecule has 1 atom stereocenters. The van der Waals surface area contributed by atoms with Gasteiger partial charge in [0.25, 0.3) is 0 Å². The molecule has 2 N–H and O–H groups in total. The van der Waals surface area contributed by atoms with Crippen molar-refractivity contribution in [2.24, 2.45) is 11.1 Å². The fraction of sp³-hybridized carbons (Fsp3) is 0.571. The second-order valence-electron chi connectivity index (χ2n) is 5.34. The molecule has 1 nitrogen and oxygen atoms in total. The van der Waals surface area contributed by atoms with E-state index in [1.54, 1.807) is 0 Å². The van der Waals surface area contributed by atoms with Crippen molar-refractivity contribution in [3.05, 3.63) is 35.4 Å². The van der Waals surface area contributed by atoms with E-state index in [1.165, 1.54) is 17.5 Å². The standard InChI is InChI=1S/C14H23N/c1-5-6-11-7-9-12(10-8-11)13(15)14(2,3)4/h7-10,13H,5-6,15H2,1-4H3. The Hall–Kier alpha value is -0.820. The third-order valence-corrected chi connectivity index (χ3v) is 2.81. The molecule has 0 aliphatic heterocycles. The number of hydrogen-bond donors (Lipinski definition) is 1. The highest BCUT2D eigenvalue weighted by Crippen LogP contribution is 2.30. The normalized spacial score (nSPS) is 13.9. The van der Waals surface area contributed by atoms with Crippen molar-refractivity contribution in [3.63, 3.8) is 0 Å². The molecule has 1 rings (SSSR count). The first-order chi connectivity index (χ1) is 6.95. The summed E-state index contributed by atoms with van der Waals surface area (Å²) in [5.74, 6) is 0. The number of nitrogens with two attached hydrogens (primary N) is 1. The Kier molecular flexibility index (Phi) is 3.92. The Morgan fingerprint density at radius 3 is 2.07 bits per heavy atom. The van der Waals surface area contributed by atoms with Gasteiger partial charge in [-0.2, -0.15) is 0 Å². The molecule has 1 unspecified atom stereocenters. The van der Waals surface area contributed by atoms with Crippen molar-refractivity contribution in [2.75, 3.05) is 0 Å². The largest absolute Gasteiger partial charge is 0.324 e. The maximum absolute atomic E-state index is 6.20. The van der Waals surface area contributed by atoms with Crippen molar-refractivity contribution in [1.82, 2.24) is 0 Å². The molecule has 15 heavy (non-hydrogen) atoms. The summed E-state index contributed by atoms with van der Waals surface area (Å²) < 4.78 is 0. The van der Waals surface area contributed by atoms with Crippen LogP contribution in [-0.4, -0.2) is 0 Å². The average Bonchev–Trinajstić information content (AvgIpc) is 2.17. The third kappa shape index (κ3) is 3.35. The predicted molar refractivity (Wildman–Crippen MR) is 66.8 cm³/mol. The van der Waals surface area contributed by atoms with Gasteiger partial charge in [-0.05, 0) is 23.0 Å². The Labute approximate surface area is 93.7 Å². The second-order valence-corrected chi connectivity index (χ2v) is 5.34. The van der Waals surface area contributed by atoms with Gasteiger partial charge in [0.1, 0.15) is 0 Å². The van der Waals surface area contributed by atoms with Crippen molar-refractivity contribution in [1.29, 1.82) is 0 Å². The summed E-state index contributed by atoms with van der Waals surface area (Å²) in [7, 11) is 0. The lowest BCUT2D eigenvalue weighted by Crippen LogP contribution is -2.26. The highest BCUT2D eigenvalue weighted by molar-refractivity contribution is 5.26. The van der Waals surface area contributed by atoms with Gasteiger partial charge in [-0.1, -0.05) is 58.4 Å². The zero-order chi connectivity index (χ0) is 11.5. The first kappa shape index (κ1) is 12.3. The van der Waals surface area contributed by atoms with Crippen molar-refractivity contribution >= 4 is 0 Å². The van der Waals surface area contributed by atoms with Crippen LogP contribution in [0.1, 0.15) is 51.3 Å². The molecule has 0 saturated carbocycles. The van der Waals surface area contributed by atoms with Gasteiger partial charge in [-0.3, -0.25) is 0 Å². The van der Waals surface area contributed by atoms with E-state index in [-0.39, 0.29) is 11.5 Å². The van der Waals surface area contributed by atoms with E-state index >= 15 is 0 Å². The van der Waals surface area contributed by atoms with E-state index in [1.807, 2.05) is 0 Å². The molecule has 0 amide bonds. The van der Waals surface area contributed by atoms with E-state index in [0.29, 0.717) is 0 Å². The lowest BCUT2D eigenvalue weighted by molar-refractivity contribution is 0.327. The molecule has 1 heteroatoms.